The smallest absolute Gasteiger partial charge is 0.158 e. The van der Waals surface area contributed by atoms with Gasteiger partial charge in [-0.05, 0) is 32.0 Å². The molecule has 0 aliphatic heterocycles. The number of sulfone groups is 1. The minimum absolute atomic E-state index is 0.0288. The molecule has 0 bridgehead atoms. The van der Waals surface area contributed by atoms with Crippen molar-refractivity contribution in [2.24, 2.45) is 5.73 Å². The summed E-state index contributed by atoms with van der Waals surface area (Å²) in [6.45, 7) is 2.08. The summed E-state index contributed by atoms with van der Waals surface area (Å²) in [6.07, 6.45) is 0.482. The number of hydrogen-bond donors (Lipinski definition) is 1. The molecule has 0 aliphatic rings. The number of fused-ring (bicyclic) bond motifs is 1. The lowest BCUT2D eigenvalue weighted by molar-refractivity contribution is 0.577. The Morgan fingerprint density at radius 2 is 1.95 bits per heavy atom. The van der Waals surface area contributed by atoms with Crippen LogP contribution in [0.25, 0.3) is 10.9 Å². The molecule has 5 heteroatoms. The molecule has 1 unspecified atom stereocenters. The number of nitrogens with zero attached hydrogens (tertiary/aromatic N) is 1. The topological polar surface area (TPSA) is 73.1 Å². The first-order chi connectivity index (χ1) is 9.03. The second-order valence-electron chi connectivity index (χ2n) is 4.69. The van der Waals surface area contributed by atoms with E-state index < -0.39 is 15.1 Å². The fraction of sp³-hybridized carbons (Fsp3) is 0.357. The zero-order valence-corrected chi connectivity index (χ0v) is 11.7. The van der Waals surface area contributed by atoms with Crippen LogP contribution in [0.1, 0.15) is 19.0 Å². The van der Waals surface area contributed by atoms with Gasteiger partial charge in [0.15, 0.2) is 9.84 Å². The molecule has 19 heavy (non-hydrogen) atoms. The van der Waals surface area contributed by atoms with Crippen LogP contribution in [0, 0.1) is 0 Å². The van der Waals surface area contributed by atoms with Gasteiger partial charge >= 0.3 is 0 Å². The largest absolute Gasteiger partial charge is 0.330 e. The Labute approximate surface area is 113 Å². The van der Waals surface area contributed by atoms with Crippen molar-refractivity contribution < 1.29 is 8.42 Å². The molecule has 1 aromatic heterocycles. The number of rotatable bonds is 5. The van der Waals surface area contributed by atoms with Gasteiger partial charge in [-0.3, -0.25) is 4.98 Å². The van der Waals surface area contributed by atoms with Gasteiger partial charge in [0.25, 0.3) is 0 Å². The van der Waals surface area contributed by atoms with Crippen LogP contribution in [0.2, 0.25) is 0 Å². The fourth-order valence-corrected chi connectivity index (χ4v) is 3.30. The highest BCUT2D eigenvalue weighted by molar-refractivity contribution is 7.91. The predicted molar refractivity (Wildman–Crippen MR) is 77.5 cm³/mol. The quantitative estimate of drug-likeness (QED) is 0.906. The molecule has 0 aliphatic carbocycles. The molecule has 0 radical (unpaired) electrons. The highest BCUT2D eigenvalue weighted by Crippen LogP contribution is 2.16. The molecule has 2 N–H and O–H groups in total. The lowest BCUT2D eigenvalue weighted by atomic mass is 10.2. The van der Waals surface area contributed by atoms with Gasteiger partial charge < -0.3 is 5.73 Å². The molecule has 1 atom stereocenters. The summed E-state index contributed by atoms with van der Waals surface area (Å²) >= 11 is 0. The highest BCUT2D eigenvalue weighted by atomic mass is 32.2. The van der Waals surface area contributed by atoms with Crippen LogP contribution in [0.3, 0.4) is 0 Å². The summed E-state index contributed by atoms with van der Waals surface area (Å²) in [5, 5.41) is 0.587. The average Bonchev–Trinajstić information content (AvgIpc) is 2.38. The SMILES string of the molecule is CC(CCN)S(=O)(=O)Cc1ccc2ccccc2n1. The molecule has 0 saturated heterocycles. The van der Waals surface area contributed by atoms with Crippen molar-refractivity contribution in [3.05, 3.63) is 42.1 Å². The maximum atomic E-state index is 12.1. The second-order valence-corrected chi connectivity index (χ2v) is 7.11. The van der Waals surface area contributed by atoms with E-state index in [0.29, 0.717) is 18.7 Å². The Morgan fingerprint density at radius 3 is 2.68 bits per heavy atom. The molecule has 0 amide bonds. The first-order valence-electron chi connectivity index (χ1n) is 6.29. The van der Waals surface area contributed by atoms with Crippen molar-refractivity contribution in [3.63, 3.8) is 0 Å². The molecule has 102 valence electrons. The van der Waals surface area contributed by atoms with E-state index in [9.17, 15) is 8.42 Å². The molecule has 0 fully saturated rings. The van der Waals surface area contributed by atoms with Gasteiger partial charge in [-0.2, -0.15) is 0 Å². The minimum Gasteiger partial charge on any atom is -0.330 e. The van der Waals surface area contributed by atoms with E-state index in [1.165, 1.54) is 0 Å². The minimum atomic E-state index is -3.19. The van der Waals surface area contributed by atoms with E-state index in [4.69, 9.17) is 5.73 Å². The fourth-order valence-electron chi connectivity index (χ4n) is 1.95. The van der Waals surface area contributed by atoms with Crippen LogP contribution >= 0.6 is 0 Å². The normalized spacial score (nSPS) is 13.6. The van der Waals surface area contributed by atoms with Crippen molar-refractivity contribution in [2.75, 3.05) is 6.54 Å². The van der Waals surface area contributed by atoms with Gasteiger partial charge in [0, 0.05) is 5.39 Å². The summed E-state index contributed by atoms with van der Waals surface area (Å²) in [5.41, 5.74) is 6.82. The van der Waals surface area contributed by atoms with Crippen molar-refractivity contribution in [3.8, 4) is 0 Å². The Morgan fingerprint density at radius 1 is 1.21 bits per heavy atom. The maximum absolute atomic E-state index is 12.1. The van der Waals surface area contributed by atoms with Gasteiger partial charge in [-0.15, -0.1) is 0 Å². The predicted octanol–water partition coefficient (Wildman–Crippen LogP) is 1.89. The lowest BCUT2D eigenvalue weighted by Gasteiger charge is -2.11. The summed E-state index contributed by atoms with van der Waals surface area (Å²) in [7, 11) is -3.19. The Hall–Kier alpha value is -1.46. The molecule has 0 spiro atoms. The van der Waals surface area contributed by atoms with Gasteiger partial charge in [0.05, 0.1) is 22.2 Å². The number of nitrogens with two attached hydrogens (primary N) is 1. The molecule has 2 aromatic rings. The summed E-state index contributed by atoms with van der Waals surface area (Å²) in [5.74, 6) is -0.0288. The number of benzene rings is 1. The van der Waals surface area contributed by atoms with E-state index in [1.807, 2.05) is 30.3 Å². The van der Waals surface area contributed by atoms with Crippen LogP contribution in [-0.2, 0) is 15.6 Å². The third kappa shape index (κ3) is 3.30. The van der Waals surface area contributed by atoms with Crippen LogP contribution in [0.15, 0.2) is 36.4 Å². The summed E-state index contributed by atoms with van der Waals surface area (Å²) < 4.78 is 24.3. The van der Waals surface area contributed by atoms with Gasteiger partial charge in [-0.1, -0.05) is 24.3 Å². The van der Waals surface area contributed by atoms with Crippen LogP contribution in [-0.4, -0.2) is 25.2 Å². The second kappa shape index (κ2) is 5.67. The number of aromatic nitrogens is 1. The molecule has 1 heterocycles. The maximum Gasteiger partial charge on any atom is 0.158 e. The van der Waals surface area contributed by atoms with Crippen molar-refractivity contribution in [2.45, 2.75) is 24.3 Å². The van der Waals surface area contributed by atoms with Crippen molar-refractivity contribution in [1.29, 1.82) is 0 Å². The lowest BCUT2D eigenvalue weighted by Crippen LogP contribution is -2.23. The molecule has 1 aromatic carbocycles. The first-order valence-corrected chi connectivity index (χ1v) is 8.01. The average molecular weight is 278 g/mol. The van der Waals surface area contributed by atoms with E-state index in [-0.39, 0.29) is 5.75 Å². The Bertz CT molecular complexity index is 668. The Kier molecular flexibility index (Phi) is 4.17. The highest BCUT2D eigenvalue weighted by Gasteiger charge is 2.21. The van der Waals surface area contributed by atoms with Crippen molar-refractivity contribution in [1.82, 2.24) is 4.98 Å². The van der Waals surface area contributed by atoms with E-state index in [1.54, 1.807) is 13.0 Å². The monoisotopic (exact) mass is 278 g/mol. The molecular formula is C14H18N2O2S. The molecule has 4 nitrogen and oxygen atoms in total. The summed E-state index contributed by atoms with van der Waals surface area (Å²) in [6, 6.07) is 11.3. The molecular weight excluding hydrogens is 260 g/mol. The van der Waals surface area contributed by atoms with Crippen molar-refractivity contribution >= 4 is 20.7 Å². The number of pyridine rings is 1. The van der Waals surface area contributed by atoms with Gasteiger partial charge in [0.1, 0.15) is 0 Å². The number of hydrogen-bond acceptors (Lipinski definition) is 4. The third-order valence-electron chi connectivity index (χ3n) is 3.19. The number of para-hydroxylation sites is 1. The van der Waals surface area contributed by atoms with E-state index in [0.717, 1.165) is 10.9 Å². The van der Waals surface area contributed by atoms with Crippen LogP contribution in [0.5, 0.6) is 0 Å². The van der Waals surface area contributed by atoms with Gasteiger partial charge in [-0.25, -0.2) is 8.42 Å². The van der Waals surface area contributed by atoms with E-state index >= 15 is 0 Å². The standard InChI is InChI=1S/C14H18N2O2S/c1-11(8-9-15)19(17,18)10-13-7-6-12-4-2-3-5-14(12)16-13/h2-7,11H,8-10,15H2,1H3. The molecule has 0 saturated carbocycles. The van der Waals surface area contributed by atoms with Crippen LogP contribution in [0.4, 0.5) is 0 Å². The Balaban J connectivity index is 2.26. The zero-order chi connectivity index (χ0) is 13.9. The molecule has 2 rings (SSSR count). The van der Waals surface area contributed by atoms with Gasteiger partial charge in [0.2, 0.25) is 0 Å². The third-order valence-corrected chi connectivity index (χ3v) is 5.35. The first kappa shape index (κ1) is 14.0. The van der Waals surface area contributed by atoms with Crippen LogP contribution < -0.4 is 5.73 Å². The van der Waals surface area contributed by atoms with E-state index in [2.05, 4.69) is 4.98 Å². The summed E-state index contributed by atoms with van der Waals surface area (Å²) in [4.78, 5) is 4.39. The zero-order valence-electron chi connectivity index (χ0n) is 10.9.